The van der Waals surface area contributed by atoms with E-state index < -0.39 is 0 Å². The molecule has 0 bridgehead atoms. The van der Waals surface area contributed by atoms with Crippen LogP contribution in [0.25, 0.3) is 11.0 Å². The molecule has 0 saturated heterocycles. The number of esters is 1. The van der Waals surface area contributed by atoms with E-state index >= 15 is 0 Å². The van der Waals surface area contributed by atoms with Crippen LogP contribution in [-0.4, -0.2) is 27.1 Å². The van der Waals surface area contributed by atoms with E-state index in [1.54, 1.807) is 19.2 Å². The number of benzene rings is 1. The Morgan fingerprint density at radius 1 is 1.27 bits per heavy atom. The second-order valence-electron chi connectivity index (χ2n) is 4.99. The van der Waals surface area contributed by atoms with Gasteiger partial charge in [0.15, 0.2) is 0 Å². The van der Waals surface area contributed by atoms with E-state index in [2.05, 4.69) is 14.5 Å². The lowest BCUT2D eigenvalue weighted by molar-refractivity contribution is 0.0526. The number of carbonyl (C=O) groups is 1. The van der Waals surface area contributed by atoms with Crippen LogP contribution < -0.4 is 0 Å². The number of hydrogen-bond acceptors (Lipinski definition) is 4. The van der Waals surface area contributed by atoms with Crippen LogP contribution in [0.3, 0.4) is 0 Å². The van der Waals surface area contributed by atoms with Gasteiger partial charge >= 0.3 is 5.97 Å². The van der Waals surface area contributed by atoms with E-state index in [0.29, 0.717) is 18.7 Å². The molecule has 5 nitrogen and oxygen atoms in total. The fourth-order valence-corrected chi connectivity index (χ4v) is 2.44. The number of nitrogens with zero attached hydrogens (tertiary/aromatic N) is 3. The Kier molecular flexibility index (Phi) is 3.87. The van der Waals surface area contributed by atoms with Crippen molar-refractivity contribution in [3.8, 4) is 0 Å². The van der Waals surface area contributed by atoms with Crippen molar-refractivity contribution in [3.05, 3.63) is 59.7 Å². The van der Waals surface area contributed by atoms with Gasteiger partial charge in [0.1, 0.15) is 5.82 Å². The summed E-state index contributed by atoms with van der Waals surface area (Å²) in [4.78, 5) is 20.8. The van der Waals surface area contributed by atoms with E-state index in [9.17, 15) is 4.79 Å². The third-order valence-electron chi connectivity index (χ3n) is 3.50. The molecule has 3 aromatic rings. The maximum absolute atomic E-state index is 11.9. The van der Waals surface area contributed by atoms with Crippen LogP contribution in [0.15, 0.2) is 42.6 Å². The molecule has 0 saturated carbocycles. The summed E-state index contributed by atoms with van der Waals surface area (Å²) in [5.74, 6) is 0.578. The van der Waals surface area contributed by atoms with Gasteiger partial charge in [0.25, 0.3) is 0 Å². The van der Waals surface area contributed by atoms with Gasteiger partial charge in [-0.15, -0.1) is 0 Å². The van der Waals surface area contributed by atoms with E-state index in [-0.39, 0.29) is 5.97 Å². The first-order valence-electron chi connectivity index (χ1n) is 7.23. The standard InChI is InChI=1S/C17H17N3O2/c1-3-22-17(21)13-7-8-15-16(10-13)20(12(2)19-15)11-14-6-4-5-9-18-14/h4-10H,3,11H2,1-2H3. The largest absolute Gasteiger partial charge is 0.462 e. The fourth-order valence-electron chi connectivity index (χ4n) is 2.44. The summed E-state index contributed by atoms with van der Waals surface area (Å²) in [5, 5.41) is 0. The van der Waals surface area contributed by atoms with E-state index in [1.807, 2.05) is 37.3 Å². The third-order valence-corrected chi connectivity index (χ3v) is 3.50. The molecule has 22 heavy (non-hydrogen) atoms. The smallest absolute Gasteiger partial charge is 0.338 e. The highest BCUT2D eigenvalue weighted by Crippen LogP contribution is 2.19. The summed E-state index contributed by atoms with van der Waals surface area (Å²) in [7, 11) is 0. The molecule has 0 N–H and O–H groups in total. The second kappa shape index (κ2) is 5.97. The summed E-state index contributed by atoms with van der Waals surface area (Å²) >= 11 is 0. The third kappa shape index (κ3) is 2.70. The topological polar surface area (TPSA) is 57.0 Å². The number of rotatable bonds is 4. The molecular formula is C17H17N3O2. The summed E-state index contributed by atoms with van der Waals surface area (Å²) in [6.07, 6.45) is 1.77. The van der Waals surface area contributed by atoms with Crippen molar-refractivity contribution in [1.82, 2.24) is 14.5 Å². The quantitative estimate of drug-likeness (QED) is 0.694. The van der Waals surface area contributed by atoms with Crippen LogP contribution in [0.5, 0.6) is 0 Å². The average Bonchev–Trinajstić information content (AvgIpc) is 2.84. The molecule has 0 aliphatic carbocycles. The zero-order valence-corrected chi connectivity index (χ0v) is 12.6. The predicted octanol–water partition coefficient (Wildman–Crippen LogP) is 2.96. The highest BCUT2D eigenvalue weighted by Gasteiger charge is 2.12. The van der Waals surface area contributed by atoms with Crippen LogP contribution in [0.2, 0.25) is 0 Å². The van der Waals surface area contributed by atoms with Crippen LogP contribution in [-0.2, 0) is 11.3 Å². The Hall–Kier alpha value is -2.69. The number of aromatic nitrogens is 3. The highest BCUT2D eigenvalue weighted by atomic mass is 16.5. The van der Waals surface area contributed by atoms with Gasteiger partial charge in [-0.05, 0) is 44.2 Å². The van der Waals surface area contributed by atoms with Gasteiger partial charge in [0, 0.05) is 6.20 Å². The Morgan fingerprint density at radius 3 is 2.86 bits per heavy atom. The molecule has 3 rings (SSSR count). The Labute approximate surface area is 128 Å². The minimum atomic E-state index is -0.312. The van der Waals surface area contributed by atoms with Crippen LogP contribution in [0.1, 0.15) is 28.8 Å². The Morgan fingerprint density at radius 2 is 2.14 bits per heavy atom. The molecule has 0 aliphatic heterocycles. The predicted molar refractivity (Wildman–Crippen MR) is 83.8 cm³/mol. The Bertz CT molecular complexity index is 809. The highest BCUT2D eigenvalue weighted by molar-refractivity contribution is 5.93. The molecule has 5 heteroatoms. The molecular weight excluding hydrogens is 278 g/mol. The van der Waals surface area contributed by atoms with Crippen LogP contribution in [0, 0.1) is 6.92 Å². The summed E-state index contributed by atoms with van der Waals surface area (Å²) in [5.41, 5.74) is 3.26. The van der Waals surface area contributed by atoms with E-state index in [1.165, 1.54) is 0 Å². The van der Waals surface area contributed by atoms with Crippen LogP contribution >= 0.6 is 0 Å². The fraction of sp³-hybridized carbons (Fsp3) is 0.235. The van der Waals surface area contributed by atoms with Crippen molar-refractivity contribution < 1.29 is 9.53 Å². The second-order valence-corrected chi connectivity index (χ2v) is 4.99. The van der Waals surface area contributed by atoms with Gasteiger partial charge in [-0.1, -0.05) is 6.07 Å². The summed E-state index contributed by atoms with van der Waals surface area (Å²) < 4.78 is 7.12. The van der Waals surface area contributed by atoms with Gasteiger partial charge < -0.3 is 9.30 Å². The SMILES string of the molecule is CCOC(=O)c1ccc2nc(C)n(Cc3ccccn3)c2c1. The zero-order valence-electron chi connectivity index (χ0n) is 12.6. The lowest BCUT2D eigenvalue weighted by atomic mass is 10.2. The van der Waals surface area contributed by atoms with Crippen molar-refractivity contribution in [2.45, 2.75) is 20.4 Å². The van der Waals surface area contributed by atoms with Gasteiger partial charge in [-0.3, -0.25) is 4.98 Å². The van der Waals surface area contributed by atoms with Gasteiger partial charge in [-0.2, -0.15) is 0 Å². The first-order chi connectivity index (χ1) is 10.7. The lowest BCUT2D eigenvalue weighted by Crippen LogP contribution is -2.06. The first kappa shape index (κ1) is 14.3. The molecule has 0 radical (unpaired) electrons. The molecule has 1 aromatic carbocycles. The molecule has 0 spiro atoms. The van der Waals surface area contributed by atoms with Crippen molar-refractivity contribution in [2.75, 3.05) is 6.61 Å². The number of pyridine rings is 1. The number of ether oxygens (including phenoxy) is 1. The maximum atomic E-state index is 11.9. The van der Waals surface area contributed by atoms with Crippen LogP contribution in [0.4, 0.5) is 0 Å². The molecule has 0 fully saturated rings. The Balaban J connectivity index is 2.03. The van der Waals surface area contributed by atoms with Gasteiger partial charge in [0.05, 0.1) is 35.4 Å². The number of imidazole rings is 1. The van der Waals surface area contributed by atoms with Gasteiger partial charge in [-0.25, -0.2) is 9.78 Å². The van der Waals surface area contributed by atoms with Crippen molar-refractivity contribution in [2.24, 2.45) is 0 Å². The lowest BCUT2D eigenvalue weighted by Gasteiger charge is -2.07. The molecule has 112 valence electrons. The van der Waals surface area contributed by atoms with Crippen molar-refractivity contribution in [1.29, 1.82) is 0 Å². The molecule has 2 heterocycles. The molecule has 0 unspecified atom stereocenters. The number of carbonyl (C=O) groups excluding carboxylic acids is 1. The number of hydrogen-bond donors (Lipinski definition) is 0. The number of aryl methyl sites for hydroxylation is 1. The normalized spacial score (nSPS) is 10.8. The average molecular weight is 295 g/mol. The molecule has 2 aromatic heterocycles. The molecule has 0 atom stereocenters. The summed E-state index contributed by atoms with van der Waals surface area (Å²) in [6.45, 7) is 4.73. The molecule has 0 aliphatic rings. The zero-order chi connectivity index (χ0) is 15.5. The maximum Gasteiger partial charge on any atom is 0.338 e. The number of fused-ring (bicyclic) bond motifs is 1. The summed E-state index contributed by atoms with van der Waals surface area (Å²) in [6, 6.07) is 11.3. The van der Waals surface area contributed by atoms with E-state index in [4.69, 9.17) is 4.74 Å². The minimum Gasteiger partial charge on any atom is -0.462 e. The van der Waals surface area contributed by atoms with Crippen molar-refractivity contribution >= 4 is 17.0 Å². The minimum absolute atomic E-state index is 0.312. The first-order valence-corrected chi connectivity index (χ1v) is 7.23. The monoisotopic (exact) mass is 295 g/mol. The van der Waals surface area contributed by atoms with E-state index in [0.717, 1.165) is 22.6 Å². The molecule has 0 amide bonds. The van der Waals surface area contributed by atoms with Gasteiger partial charge in [0.2, 0.25) is 0 Å². The van der Waals surface area contributed by atoms with Crippen molar-refractivity contribution in [3.63, 3.8) is 0 Å².